The molecule has 0 atom stereocenters. The minimum Gasteiger partial charge on any atom is -0.331 e. The van der Waals surface area contributed by atoms with Crippen molar-refractivity contribution < 1.29 is 4.39 Å². The number of halogens is 3. The molecule has 0 aliphatic heterocycles. The molecule has 0 saturated heterocycles. The summed E-state index contributed by atoms with van der Waals surface area (Å²) in [7, 11) is 0. The highest BCUT2D eigenvalue weighted by Gasteiger charge is 2.07. The van der Waals surface area contributed by atoms with Gasteiger partial charge >= 0.3 is 0 Å². The van der Waals surface area contributed by atoms with Gasteiger partial charge in [-0.2, -0.15) is 0 Å². The highest BCUT2D eigenvalue weighted by Crippen LogP contribution is 2.32. The molecule has 0 saturated carbocycles. The van der Waals surface area contributed by atoms with Crippen molar-refractivity contribution in [1.82, 2.24) is 4.98 Å². The number of benzene rings is 2. The van der Waals surface area contributed by atoms with E-state index in [9.17, 15) is 4.39 Å². The van der Waals surface area contributed by atoms with E-state index in [1.807, 2.05) is 18.2 Å². The van der Waals surface area contributed by atoms with Crippen molar-refractivity contribution in [3.05, 3.63) is 51.2 Å². The Kier molecular flexibility index (Phi) is 3.56. The third-order valence-corrected chi connectivity index (χ3v) is 4.62. The van der Waals surface area contributed by atoms with Gasteiger partial charge in [-0.3, -0.25) is 0 Å². The van der Waals surface area contributed by atoms with E-state index >= 15 is 0 Å². The van der Waals surface area contributed by atoms with Gasteiger partial charge in [0.25, 0.3) is 0 Å². The van der Waals surface area contributed by atoms with E-state index in [0.29, 0.717) is 4.47 Å². The molecular formula is C13H7Br2FN2S. The quantitative estimate of drug-likeness (QED) is 0.595. The minimum atomic E-state index is -0.273. The van der Waals surface area contributed by atoms with Gasteiger partial charge in [-0.15, -0.1) is 0 Å². The summed E-state index contributed by atoms with van der Waals surface area (Å²) < 4.78 is 15.8. The van der Waals surface area contributed by atoms with Gasteiger partial charge in [-0.25, -0.2) is 9.37 Å². The number of fused-ring (bicyclic) bond motifs is 1. The first-order chi connectivity index (χ1) is 9.11. The molecule has 19 heavy (non-hydrogen) atoms. The first-order valence-corrected chi connectivity index (χ1v) is 7.80. The van der Waals surface area contributed by atoms with Crippen LogP contribution in [-0.2, 0) is 0 Å². The van der Waals surface area contributed by atoms with Crippen LogP contribution in [0.5, 0.6) is 0 Å². The number of nitrogens with zero attached hydrogens (tertiary/aromatic N) is 1. The van der Waals surface area contributed by atoms with E-state index in [2.05, 4.69) is 42.2 Å². The molecule has 3 aromatic rings. The van der Waals surface area contributed by atoms with Crippen LogP contribution in [0.3, 0.4) is 0 Å². The molecule has 6 heteroatoms. The van der Waals surface area contributed by atoms with Crippen LogP contribution in [0.1, 0.15) is 0 Å². The molecule has 0 spiro atoms. The number of nitrogens with one attached hydrogen (secondary N) is 1. The van der Waals surface area contributed by atoms with Crippen molar-refractivity contribution in [2.24, 2.45) is 0 Å². The van der Waals surface area contributed by atoms with Gasteiger partial charge in [0.2, 0.25) is 0 Å². The third kappa shape index (κ3) is 2.80. The number of anilines is 2. The summed E-state index contributed by atoms with van der Waals surface area (Å²) in [6.45, 7) is 0. The van der Waals surface area contributed by atoms with Crippen molar-refractivity contribution in [2.45, 2.75) is 0 Å². The molecule has 2 nitrogen and oxygen atoms in total. The Hall–Kier alpha value is -0.980. The van der Waals surface area contributed by atoms with Crippen LogP contribution in [0.25, 0.3) is 10.2 Å². The maximum atomic E-state index is 13.0. The number of aromatic nitrogens is 1. The van der Waals surface area contributed by atoms with E-state index in [1.165, 1.54) is 12.1 Å². The van der Waals surface area contributed by atoms with E-state index in [4.69, 9.17) is 0 Å². The molecule has 0 unspecified atom stereocenters. The van der Waals surface area contributed by atoms with Crippen LogP contribution >= 0.6 is 43.2 Å². The van der Waals surface area contributed by atoms with Gasteiger partial charge < -0.3 is 5.32 Å². The second-order valence-corrected chi connectivity index (χ2v) is 6.68. The summed E-state index contributed by atoms with van der Waals surface area (Å²) in [4.78, 5) is 4.50. The minimum absolute atomic E-state index is 0.273. The zero-order valence-electron chi connectivity index (χ0n) is 9.45. The second-order valence-electron chi connectivity index (χ2n) is 3.88. The zero-order chi connectivity index (χ0) is 13.4. The Morgan fingerprint density at radius 3 is 2.74 bits per heavy atom. The molecule has 0 radical (unpaired) electrons. The molecule has 0 amide bonds. The molecule has 1 heterocycles. The first-order valence-electron chi connectivity index (χ1n) is 5.40. The fourth-order valence-corrected chi connectivity index (χ4v) is 3.32. The van der Waals surface area contributed by atoms with Crippen LogP contribution in [0, 0.1) is 5.82 Å². The van der Waals surface area contributed by atoms with Crippen molar-refractivity contribution in [3.8, 4) is 0 Å². The maximum Gasteiger partial charge on any atom is 0.188 e. The van der Waals surface area contributed by atoms with Crippen LogP contribution < -0.4 is 5.32 Å². The van der Waals surface area contributed by atoms with Crippen LogP contribution in [0.4, 0.5) is 15.2 Å². The lowest BCUT2D eigenvalue weighted by molar-refractivity contribution is 0.627. The van der Waals surface area contributed by atoms with Crippen molar-refractivity contribution in [1.29, 1.82) is 0 Å². The van der Waals surface area contributed by atoms with E-state index in [1.54, 1.807) is 17.4 Å². The summed E-state index contributed by atoms with van der Waals surface area (Å²) in [6.07, 6.45) is 0. The summed E-state index contributed by atoms with van der Waals surface area (Å²) in [5, 5.41) is 3.97. The fourth-order valence-electron chi connectivity index (χ4n) is 1.66. The number of hydrogen-bond donors (Lipinski definition) is 1. The summed E-state index contributed by atoms with van der Waals surface area (Å²) in [6, 6.07) is 10.5. The van der Waals surface area contributed by atoms with Gasteiger partial charge in [0, 0.05) is 8.95 Å². The predicted molar refractivity (Wildman–Crippen MR) is 84.7 cm³/mol. The summed E-state index contributed by atoms with van der Waals surface area (Å²) >= 11 is 8.31. The monoisotopic (exact) mass is 400 g/mol. The topological polar surface area (TPSA) is 24.9 Å². The molecule has 0 aliphatic carbocycles. The molecule has 0 aliphatic rings. The molecule has 2 aromatic carbocycles. The highest BCUT2D eigenvalue weighted by molar-refractivity contribution is 9.10. The van der Waals surface area contributed by atoms with E-state index < -0.39 is 0 Å². The smallest absolute Gasteiger partial charge is 0.188 e. The van der Waals surface area contributed by atoms with Gasteiger partial charge in [-0.05, 0) is 52.3 Å². The second kappa shape index (κ2) is 5.19. The Morgan fingerprint density at radius 2 is 1.95 bits per heavy atom. The Bertz CT molecular complexity index is 757. The molecule has 0 bridgehead atoms. The molecule has 1 aromatic heterocycles. The van der Waals surface area contributed by atoms with Crippen LogP contribution in [-0.4, -0.2) is 4.98 Å². The van der Waals surface area contributed by atoms with Crippen molar-refractivity contribution >= 4 is 64.2 Å². The molecule has 1 N–H and O–H groups in total. The lowest BCUT2D eigenvalue weighted by Gasteiger charge is -2.04. The molecule has 96 valence electrons. The predicted octanol–water partition coefficient (Wildman–Crippen LogP) is 5.70. The van der Waals surface area contributed by atoms with Crippen LogP contribution in [0.2, 0.25) is 0 Å². The third-order valence-electron chi connectivity index (χ3n) is 2.52. The van der Waals surface area contributed by atoms with E-state index in [0.717, 1.165) is 25.5 Å². The fraction of sp³-hybridized carbons (Fsp3) is 0. The standard InChI is InChI=1S/C13H7Br2FN2S/c14-7-1-4-12-11(5-7)18-13(19-12)17-10-3-2-8(16)6-9(10)15/h1-6H,(H,17,18). The Morgan fingerprint density at radius 1 is 1.11 bits per heavy atom. The normalized spacial score (nSPS) is 10.9. The van der Waals surface area contributed by atoms with Gasteiger partial charge in [0.15, 0.2) is 5.13 Å². The first kappa shape index (κ1) is 13.0. The SMILES string of the molecule is Fc1ccc(Nc2nc3cc(Br)ccc3s2)c(Br)c1. The largest absolute Gasteiger partial charge is 0.331 e. The Balaban J connectivity index is 1.96. The lowest BCUT2D eigenvalue weighted by atomic mass is 10.3. The lowest BCUT2D eigenvalue weighted by Crippen LogP contribution is -1.90. The van der Waals surface area contributed by atoms with Crippen LogP contribution in [0.15, 0.2) is 45.3 Å². The van der Waals surface area contributed by atoms with Crippen molar-refractivity contribution in [2.75, 3.05) is 5.32 Å². The highest BCUT2D eigenvalue weighted by atomic mass is 79.9. The molecule has 0 fully saturated rings. The Labute approximate surface area is 129 Å². The van der Waals surface area contributed by atoms with Crippen molar-refractivity contribution in [3.63, 3.8) is 0 Å². The molecular weight excluding hydrogens is 395 g/mol. The number of rotatable bonds is 2. The average molecular weight is 402 g/mol. The van der Waals surface area contributed by atoms with Gasteiger partial charge in [0.05, 0.1) is 15.9 Å². The number of thiazole rings is 1. The van der Waals surface area contributed by atoms with E-state index in [-0.39, 0.29) is 5.82 Å². The molecule has 3 rings (SSSR count). The van der Waals surface area contributed by atoms with Gasteiger partial charge in [-0.1, -0.05) is 27.3 Å². The average Bonchev–Trinajstić information content (AvgIpc) is 2.74. The number of hydrogen-bond acceptors (Lipinski definition) is 3. The summed E-state index contributed by atoms with van der Waals surface area (Å²) in [5.74, 6) is -0.273. The van der Waals surface area contributed by atoms with Gasteiger partial charge in [0.1, 0.15) is 5.82 Å². The summed E-state index contributed by atoms with van der Waals surface area (Å²) in [5.41, 5.74) is 1.72. The maximum absolute atomic E-state index is 13.0. The zero-order valence-corrected chi connectivity index (χ0v) is 13.4.